The van der Waals surface area contributed by atoms with E-state index in [-0.39, 0.29) is 0 Å². The average molecular weight is 300 g/mol. The van der Waals surface area contributed by atoms with Crippen LogP contribution in [-0.2, 0) is 0 Å². The van der Waals surface area contributed by atoms with Crippen LogP contribution in [0, 0.1) is 5.92 Å². The molecule has 1 aromatic rings. The molecule has 1 fully saturated rings. The Bertz CT molecular complexity index is 359. The van der Waals surface area contributed by atoms with Crippen molar-refractivity contribution >= 4 is 33.3 Å². The lowest BCUT2D eigenvalue weighted by atomic mass is 9.90. The molecule has 0 spiro atoms. The molecule has 0 amide bonds. The molecule has 88 valence electrons. The van der Waals surface area contributed by atoms with Gasteiger partial charge >= 0.3 is 0 Å². The fourth-order valence-corrected chi connectivity index (χ4v) is 3.52. The lowest BCUT2D eigenvalue weighted by Gasteiger charge is -2.27. The highest BCUT2D eigenvalue weighted by molar-refractivity contribution is 9.11. The van der Waals surface area contributed by atoms with Crippen molar-refractivity contribution in [3.63, 3.8) is 0 Å². The summed E-state index contributed by atoms with van der Waals surface area (Å²) in [6.45, 7) is 3.47. The van der Waals surface area contributed by atoms with Crippen molar-refractivity contribution in [3.05, 3.63) is 26.9 Å². The standard InChI is InChI=1S/C13H18BrNS/c1-2-10-7-8-15-11(9-10)3-4-12-5-6-13(14)16-12/h3-6,10-11,15H,2,7-9H2,1H3/b4-3+. The van der Waals surface area contributed by atoms with Gasteiger partial charge in [-0.2, -0.15) is 0 Å². The van der Waals surface area contributed by atoms with Crippen molar-refractivity contribution in [1.29, 1.82) is 0 Å². The molecule has 2 unspecified atom stereocenters. The Morgan fingerprint density at radius 3 is 3.12 bits per heavy atom. The van der Waals surface area contributed by atoms with Crippen LogP contribution in [0.15, 0.2) is 22.0 Å². The molecular weight excluding hydrogens is 282 g/mol. The van der Waals surface area contributed by atoms with Crippen molar-refractivity contribution in [1.82, 2.24) is 5.32 Å². The number of hydrogen-bond acceptors (Lipinski definition) is 2. The van der Waals surface area contributed by atoms with Gasteiger partial charge in [-0.15, -0.1) is 11.3 Å². The largest absolute Gasteiger partial charge is 0.310 e. The fourth-order valence-electron chi connectivity index (χ4n) is 2.18. The first kappa shape index (κ1) is 12.3. The Labute approximate surface area is 110 Å². The second-order valence-corrected chi connectivity index (χ2v) is 6.85. The summed E-state index contributed by atoms with van der Waals surface area (Å²) in [5.41, 5.74) is 0. The molecule has 0 bridgehead atoms. The zero-order valence-corrected chi connectivity index (χ0v) is 12.0. The van der Waals surface area contributed by atoms with Gasteiger partial charge in [-0.1, -0.05) is 19.4 Å². The van der Waals surface area contributed by atoms with E-state index in [1.165, 1.54) is 34.5 Å². The van der Waals surface area contributed by atoms with E-state index in [0.717, 1.165) is 5.92 Å². The Kier molecular flexibility index (Phi) is 4.62. The van der Waals surface area contributed by atoms with Gasteiger partial charge in [-0.05, 0) is 59.4 Å². The summed E-state index contributed by atoms with van der Waals surface area (Å²) in [7, 11) is 0. The van der Waals surface area contributed by atoms with E-state index >= 15 is 0 Å². The number of hydrogen-bond donors (Lipinski definition) is 1. The number of thiophene rings is 1. The second-order valence-electron chi connectivity index (χ2n) is 4.36. The van der Waals surface area contributed by atoms with Crippen LogP contribution in [-0.4, -0.2) is 12.6 Å². The van der Waals surface area contributed by atoms with Crippen LogP contribution in [0.1, 0.15) is 31.1 Å². The minimum atomic E-state index is 0.569. The summed E-state index contributed by atoms with van der Waals surface area (Å²) in [5.74, 6) is 0.908. The lowest BCUT2D eigenvalue weighted by Crippen LogP contribution is -2.36. The molecule has 0 saturated carbocycles. The van der Waals surface area contributed by atoms with E-state index in [9.17, 15) is 0 Å². The predicted molar refractivity (Wildman–Crippen MR) is 75.9 cm³/mol. The van der Waals surface area contributed by atoms with Crippen LogP contribution in [0.5, 0.6) is 0 Å². The maximum atomic E-state index is 3.57. The minimum Gasteiger partial charge on any atom is -0.310 e. The maximum absolute atomic E-state index is 3.57. The first-order valence-corrected chi connectivity index (χ1v) is 7.56. The second kappa shape index (κ2) is 5.99. The van der Waals surface area contributed by atoms with E-state index in [4.69, 9.17) is 0 Å². The van der Waals surface area contributed by atoms with Gasteiger partial charge in [0.2, 0.25) is 0 Å². The van der Waals surface area contributed by atoms with E-state index in [1.807, 2.05) is 0 Å². The first-order chi connectivity index (χ1) is 7.78. The molecule has 3 heteroatoms. The highest BCUT2D eigenvalue weighted by Gasteiger charge is 2.17. The topological polar surface area (TPSA) is 12.0 Å². The summed E-state index contributed by atoms with van der Waals surface area (Å²) in [5, 5.41) is 3.57. The summed E-state index contributed by atoms with van der Waals surface area (Å²) in [4.78, 5) is 1.33. The van der Waals surface area contributed by atoms with Crippen LogP contribution in [0.2, 0.25) is 0 Å². The van der Waals surface area contributed by atoms with Gasteiger partial charge in [0.05, 0.1) is 3.79 Å². The molecule has 0 radical (unpaired) electrons. The summed E-state index contributed by atoms with van der Waals surface area (Å²) >= 11 is 5.27. The van der Waals surface area contributed by atoms with Crippen LogP contribution in [0.4, 0.5) is 0 Å². The molecule has 2 atom stereocenters. The van der Waals surface area contributed by atoms with Crippen LogP contribution in [0.25, 0.3) is 6.08 Å². The van der Waals surface area contributed by atoms with Crippen molar-refractivity contribution in [2.24, 2.45) is 5.92 Å². The van der Waals surface area contributed by atoms with Gasteiger partial charge in [0.15, 0.2) is 0 Å². The quantitative estimate of drug-likeness (QED) is 0.877. The molecule has 1 nitrogen and oxygen atoms in total. The highest BCUT2D eigenvalue weighted by atomic mass is 79.9. The van der Waals surface area contributed by atoms with Crippen molar-refractivity contribution in [3.8, 4) is 0 Å². The number of nitrogens with one attached hydrogen (secondary N) is 1. The van der Waals surface area contributed by atoms with Gasteiger partial charge in [0.25, 0.3) is 0 Å². The third-order valence-electron chi connectivity index (χ3n) is 3.21. The van der Waals surface area contributed by atoms with Crippen LogP contribution in [0.3, 0.4) is 0 Å². The average Bonchev–Trinajstić information content (AvgIpc) is 2.73. The number of rotatable bonds is 3. The van der Waals surface area contributed by atoms with Gasteiger partial charge in [0, 0.05) is 10.9 Å². The molecule has 2 rings (SSSR count). The molecule has 1 saturated heterocycles. The summed E-state index contributed by atoms with van der Waals surface area (Å²) in [6, 6.07) is 4.83. The lowest BCUT2D eigenvalue weighted by molar-refractivity contribution is 0.326. The fraction of sp³-hybridized carbons (Fsp3) is 0.538. The predicted octanol–water partition coefficient (Wildman–Crippen LogP) is 4.30. The first-order valence-electron chi connectivity index (χ1n) is 5.95. The zero-order chi connectivity index (χ0) is 11.4. The van der Waals surface area contributed by atoms with Gasteiger partial charge < -0.3 is 5.32 Å². The van der Waals surface area contributed by atoms with Gasteiger partial charge in [-0.25, -0.2) is 0 Å². The van der Waals surface area contributed by atoms with Gasteiger partial charge in [-0.3, -0.25) is 0 Å². The molecule has 16 heavy (non-hydrogen) atoms. The highest BCUT2D eigenvalue weighted by Crippen LogP contribution is 2.24. The Morgan fingerprint density at radius 2 is 2.44 bits per heavy atom. The summed E-state index contributed by atoms with van der Waals surface area (Å²) < 4.78 is 1.20. The third kappa shape index (κ3) is 3.44. The van der Waals surface area contributed by atoms with Crippen LogP contribution >= 0.6 is 27.3 Å². The summed E-state index contributed by atoms with van der Waals surface area (Å²) in [6.07, 6.45) is 8.51. The van der Waals surface area contributed by atoms with Crippen molar-refractivity contribution < 1.29 is 0 Å². The van der Waals surface area contributed by atoms with E-state index in [0.29, 0.717) is 6.04 Å². The smallest absolute Gasteiger partial charge is 0.0704 e. The van der Waals surface area contributed by atoms with E-state index in [2.05, 4.69) is 52.5 Å². The number of halogens is 1. The zero-order valence-electron chi connectivity index (χ0n) is 9.58. The molecule has 1 aliphatic rings. The molecule has 0 aromatic carbocycles. The SMILES string of the molecule is CCC1CCNC(/C=C/c2ccc(Br)s2)C1. The molecule has 0 aliphatic carbocycles. The molecule has 1 aromatic heterocycles. The molecule has 2 heterocycles. The Balaban J connectivity index is 1.91. The molecule has 1 aliphatic heterocycles. The maximum Gasteiger partial charge on any atom is 0.0704 e. The monoisotopic (exact) mass is 299 g/mol. The number of piperidine rings is 1. The normalized spacial score (nSPS) is 26.4. The third-order valence-corrected chi connectivity index (χ3v) is 4.80. The van der Waals surface area contributed by atoms with Gasteiger partial charge in [0.1, 0.15) is 0 Å². The Morgan fingerprint density at radius 1 is 1.56 bits per heavy atom. The van der Waals surface area contributed by atoms with Crippen molar-refractivity contribution in [2.45, 2.75) is 32.2 Å². The van der Waals surface area contributed by atoms with E-state index in [1.54, 1.807) is 11.3 Å². The molecular formula is C13H18BrNS. The Hall–Kier alpha value is -0.120. The minimum absolute atomic E-state index is 0.569. The van der Waals surface area contributed by atoms with Crippen molar-refractivity contribution in [2.75, 3.05) is 6.54 Å². The van der Waals surface area contributed by atoms with Crippen LogP contribution < -0.4 is 5.32 Å². The van der Waals surface area contributed by atoms with E-state index < -0.39 is 0 Å². The molecule has 1 N–H and O–H groups in total.